The molecular weight excluding hydrogens is 316 g/mol. The summed E-state index contributed by atoms with van der Waals surface area (Å²) in [4.78, 5) is 19.3. The summed E-state index contributed by atoms with van der Waals surface area (Å²) in [6, 6.07) is 10.7. The highest BCUT2D eigenvalue weighted by atomic mass is 32.2. The topological polar surface area (TPSA) is 106 Å². The third-order valence-corrected chi connectivity index (χ3v) is 4.05. The summed E-state index contributed by atoms with van der Waals surface area (Å²) in [5.41, 5.74) is 2.21. The van der Waals surface area contributed by atoms with E-state index in [0.717, 1.165) is 11.8 Å². The van der Waals surface area contributed by atoms with Crippen LogP contribution in [0.25, 0.3) is 22.6 Å². The van der Waals surface area contributed by atoms with Gasteiger partial charge in [-0.15, -0.1) is 0 Å². The Balaban J connectivity index is 2.16. The highest BCUT2D eigenvalue weighted by molar-refractivity contribution is 7.90. The number of aromatic nitrogens is 4. The number of aldehydes is 1. The lowest BCUT2D eigenvalue weighted by Gasteiger charge is -2.01. The van der Waals surface area contributed by atoms with Gasteiger partial charge in [0.05, 0.1) is 17.0 Å². The van der Waals surface area contributed by atoms with Crippen LogP contribution in [0.3, 0.4) is 0 Å². The van der Waals surface area contributed by atoms with Crippen molar-refractivity contribution in [3.8, 4) is 22.6 Å². The predicted molar refractivity (Wildman–Crippen MR) is 83.5 cm³/mol. The van der Waals surface area contributed by atoms with Crippen molar-refractivity contribution in [2.75, 3.05) is 6.26 Å². The van der Waals surface area contributed by atoms with Crippen LogP contribution < -0.4 is 0 Å². The lowest BCUT2D eigenvalue weighted by atomic mass is 10.1. The largest absolute Gasteiger partial charge is 0.298 e. The Morgan fingerprint density at radius 1 is 1.13 bits per heavy atom. The van der Waals surface area contributed by atoms with Crippen LogP contribution in [0.1, 0.15) is 10.4 Å². The van der Waals surface area contributed by atoms with Crippen LogP contribution in [-0.4, -0.2) is 41.1 Å². The van der Waals surface area contributed by atoms with E-state index in [1.54, 1.807) is 0 Å². The van der Waals surface area contributed by atoms with E-state index in [9.17, 15) is 13.2 Å². The minimum atomic E-state index is -3.54. The molecule has 7 nitrogen and oxygen atoms in total. The van der Waals surface area contributed by atoms with Crippen molar-refractivity contribution in [3.05, 3.63) is 48.2 Å². The Bertz CT molecular complexity index is 965. The Kier molecular flexibility index (Phi) is 3.75. The third-order valence-electron chi connectivity index (χ3n) is 3.19. The van der Waals surface area contributed by atoms with Gasteiger partial charge < -0.3 is 0 Å². The van der Waals surface area contributed by atoms with E-state index >= 15 is 0 Å². The van der Waals surface area contributed by atoms with E-state index in [-0.39, 0.29) is 10.9 Å². The molecule has 0 atom stereocenters. The molecule has 0 fully saturated rings. The van der Waals surface area contributed by atoms with Crippen molar-refractivity contribution in [3.63, 3.8) is 0 Å². The molecule has 0 saturated carbocycles. The van der Waals surface area contributed by atoms with Gasteiger partial charge >= 0.3 is 0 Å². The van der Waals surface area contributed by atoms with Crippen LogP contribution in [0.2, 0.25) is 0 Å². The first-order valence-corrected chi connectivity index (χ1v) is 8.52. The molecule has 1 aromatic carbocycles. The molecule has 8 heteroatoms. The number of rotatable bonds is 4. The SMILES string of the molecule is CS(=O)(=O)c1nccc(-c2[nH]nc(-c3ccccc3)c2C=O)n1. The Hall–Kier alpha value is -2.87. The monoisotopic (exact) mass is 328 g/mol. The average Bonchev–Trinajstić information content (AvgIpc) is 2.99. The van der Waals surface area contributed by atoms with Gasteiger partial charge in [0.15, 0.2) is 6.29 Å². The summed E-state index contributed by atoms with van der Waals surface area (Å²) in [5.74, 6) is 0. The molecule has 3 rings (SSSR count). The summed E-state index contributed by atoms with van der Waals surface area (Å²) in [5, 5.41) is 6.61. The first kappa shape index (κ1) is 15.0. The zero-order valence-electron chi connectivity index (χ0n) is 12.1. The first-order valence-electron chi connectivity index (χ1n) is 6.63. The molecule has 0 aliphatic rings. The summed E-state index contributed by atoms with van der Waals surface area (Å²) >= 11 is 0. The van der Waals surface area contributed by atoms with Gasteiger partial charge in [-0.05, 0) is 6.07 Å². The second-order valence-electron chi connectivity index (χ2n) is 4.84. The van der Waals surface area contributed by atoms with Crippen molar-refractivity contribution in [2.45, 2.75) is 5.16 Å². The maximum Gasteiger partial charge on any atom is 0.247 e. The summed E-state index contributed by atoms with van der Waals surface area (Å²) in [6.45, 7) is 0. The Morgan fingerprint density at radius 2 is 1.87 bits per heavy atom. The number of nitrogens with zero attached hydrogens (tertiary/aromatic N) is 3. The molecule has 0 unspecified atom stereocenters. The van der Waals surface area contributed by atoms with E-state index in [1.165, 1.54) is 12.3 Å². The lowest BCUT2D eigenvalue weighted by molar-refractivity contribution is 0.112. The number of nitrogens with one attached hydrogen (secondary N) is 1. The van der Waals surface area contributed by atoms with Crippen molar-refractivity contribution >= 4 is 16.1 Å². The molecule has 1 N–H and O–H groups in total. The molecule has 0 aliphatic carbocycles. The highest BCUT2D eigenvalue weighted by Gasteiger charge is 2.19. The predicted octanol–water partition coefficient (Wildman–Crippen LogP) is 1.75. The van der Waals surface area contributed by atoms with Gasteiger partial charge in [0.25, 0.3) is 0 Å². The molecule has 0 saturated heterocycles. The van der Waals surface area contributed by atoms with Gasteiger partial charge in [0.2, 0.25) is 15.0 Å². The molecule has 0 bridgehead atoms. The number of benzene rings is 1. The molecule has 2 aromatic heterocycles. The number of H-pyrrole nitrogens is 1. The fraction of sp³-hybridized carbons (Fsp3) is 0.0667. The van der Waals surface area contributed by atoms with E-state index in [2.05, 4.69) is 20.2 Å². The second kappa shape index (κ2) is 5.73. The van der Waals surface area contributed by atoms with Gasteiger partial charge in [-0.1, -0.05) is 30.3 Å². The third kappa shape index (κ3) is 2.88. The molecule has 23 heavy (non-hydrogen) atoms. The molecule has 3 aromatic rings. The minimum absolute atomic E-state index is 0.289. The summed E-state index contributed by atoms with van der Waals surface area (Å²) in [6.07, 6.45) is 3.02. The van der Waals surface area contributed by atoms with Crippen LogP contribution in [0.5, 0.6) is 0 Å². The van der Waals surface area contributed by atoms with Crippen molar-refractivity contribution in [2.24, 2.45) is 0 Å². The van der Waals surface area contributed by atoms with E-state index in [4.69, 9.17) is 0 Å². The van der Waals surface area contributed by atoms with Crippen molar-refractivity contribution in [1.82, 2.24) is 20.2 Å². The number of carbonyl (C=O) groups excluding carboxylic acids is 1. The first-order chi connectivity index (χ1) is 11.0. The smallest absolute Gasteiger partial charge is 0.247 e. The van der Waals surface area contributed by atoms with Gasteiger partial charge in [0, 0.05) is 18.0 Å². The maximum absolute atomic E-state index is 11.6. The number of aromatic amines is 1. The standard InChI is InChI=1S/C15H12N4O3S/c1-23(21,22)15-16-8-7-12(17-15)14-11(9-20)13(18-19-14)10-5-3-2-4-6-10/h2-9H,1H3,(H,18,19). The molecule has 0 radical (unpaired) electrons. The lowest BCUT2D eigenvalue weighted by Crippen LogP contribution is -2.04. The molecule has 2 heterocycles. The van der Waals surface area contributed by atoms with Gasteiger partial charge in [-0.25, -0.2) is 18.4 Å². The van der Waals surface area contributed by atoms with Crippen LogP contribution >= 0.6 is 0 Å². The summed E-state index contributed by atoms with van der Waals surface area (Å²) in [7, 11) is -3.54. The van der Waals surface area contributed by atoms with Gasteiger partial charge in [-0.2, -0.15) is 5.10 Å². The molecule has 0 amide bonds. The van der Waals surface area contributed by atoms with Gasteiger partial charge in [-0.3, -0.25) is 9.89 Å². The van der Waals surface area contributed by atoms with Crippen LogP contribution in [0.4, 0.5) is 0 Å². The number of carbonyl (C=O) groups is 1. The minimum Gasteiger partial charge on any atom is -0.298 e. The fourth-order valence-corrected chi connectivity index (χ4v) is 2.65. The number of hydrogen-bond donors (Lipinski definition) is 1. The second-order valence-corrected chi connectivity index (χ2v) is 6.75. The average molecular weight is 328 g/mol. The van der Waals surface area contributed by atoms with Crippen LogP contribution in [-0.2, 0) is 9.84 Å². The zero-order chi connectivity index (χ0) is 16.4. The van der Waals surface area contributed by atoms with Crippen molar-refractivity contribution < 1.29 is 13.2 Å². The van der Waals surface area contributed by atoms with E-state index < -0.39 is 9.84 Å². The number of sulfone groups is 1. The molecule has 116 valence electrons. The number of hydrogen-bond acceptors (Lipinski definition) is 6. The molecule has 0 spiro atoms. The zero-order valence-corrected chi connectivity index (χ0v) is 12.9. The van der Waals surface area contributed by atoms with Crippen LogP contribution in [0, 0.1) is 0 Å². The van der Waals surface area contributed by atoms with E-state index in [0.29, 0.717) is 23.2 Å². The molecule has 0 aliphatic heterocycles. The van der Waals surface area contributed by atoms with Crippen molar-refractivity contribution in [1.29, 1.82) is 0 Å². The highest BCUT2D eigenvalue weighted by Crippen LogP contribution is 2.27. The fourth-order valence-electron chi connectivity index (χ4n) is 2.14. The normalized spacial score (nSPS) is 11.3. The summed E-state index contributed by atoms with van der Waals surface area (Å²) < 4.78 is 23.2. The Morgan fingerprint density at radius 3 is 2.52 bits per heavy atom. The van der Waals surface area contributed by atoms with Crippen LogP contribution in [0.15, 0.2) is 47.8 Å². The van der Waals surface area contributed by atoms with E-state index in [1.807, 2.05) is 30.3 Å². The quantitative estimate of drug-likeness (QED) is 0.578. The molecular formula is C15H12N4O3S. The Labute approximate surface area is 132 Å². The maximum atomic E-state index is 11.6. The van der Waals surface area contributed by atoms with Gasteiger partial charge in [0.1, 0.15) is 5.69 Å².